The summed E-state index contributed by atoms with van der Waals surface area (Å²) in [5, 5.41) is 0.593. The van der Waals surface area contributed by atoms with E-state index in [2.05, 4.69) is 15.9 Å². The number of hydrogen-bond acceptors (Lipinski definition) is 2. The molecule has 1 aliphatic rings. The van der Waals surface area contributed by atoms with E-state index in [-0.39, 0.29) is 11.9 Å². The molecule has 1 saturated heterocycles. The number of benzene rings is 1. The van der Waals surface area contributed by atoms with Gasteiger partial charge < -0.3 is 10.6 Å². The second-order valence-corrected chi connectivity index (χ2v) is 4.42. The van der Waals surface area contributed by atoms with Gasteiger partial charge in [-0.3, -0.25) is 4.79 Å². The van der Waals surface area contributed by atoms with Crippen molar-refractivity contribution in [2.45, 2.75) is 6.04 Å². The zero-order valence-electron chi connectivity index (χ0n) is 7.21. The molecule has 0 aliphatic carbocycles. The van der Waals surface area contributed by atoms with E-state index >= 15 is 0 Å². The summed E-state index contributed by atoms with van der Waals surface area (Å²) in [5.41, 5.74) is 6.28. The smallest absolute Gasteiger partial charge is 0.245 e. The first kappa shape index (κ1) is 9.96. The Morgan fingerprint density at radius 1 is 1.57 bits per heavy atom. The number of rotatable bonds is 1. The maximum atomic E-state index is 11.3. The minimum atomic E-state index is -0.350. The summed E-state index contributed by atoms with van der Waals surface area (Å²) >= 11 is 9.19. The quantitative estimate of drug-likeness (QED) is 0.794. The standard InChI is InChI=1S/C9H8BrClN2O/c10-6-2-1-5(3-7(6)11)13-4-8(12)9(13)14/h1-3,8H,4,12H2. The van der Waals surface area contributed by atoms with Gasteiger partial charge >= 0.3 is 0 Å². The predicted octanol–water partition coefficient (Wildman–Crippen LogP) is 1.78. The molecule has 1 unspecified atom stereocenters. The van der Waals surface area contributed by atoms with Crippen LogP contribution in [0.2, 0.25) is 5.02 Å². The molecule has 1 aromatic carbocycles. The molecule has 2 rings (SSSR count). The van der Waals surface area contributed by atoms with Crippen molar-refractivity contribution in [3.63, 3.8) is 0 Å². The average molecular weight is 276 g/mol. The summed E-state index contributed by atoms with van der Waals surface area (Å²) in [4.78, 5) is 12.9. The fraction of sp³-hybridized carbons (Fsp3) is 0.222. The van der Waals surface area contributed by atoms with Crippen LogP contribution in [-0.4, -0.2) is 18.5 Å². The molecular formula is C9H8BrClN2O. The second kappa shape index (κ2) is 3.53. The van der Waals surface area contributed by atoms with Gasteiger partial charge in [-0.1, -0.05) is 11.6 Å². The average Bonchev–Trinajstić information content (AvgIpc) is 2.18. The first-order valence-corrected chi connectivity index (χ1v) is 5.28. The van der Waals surface area contributed by atoms with Crippen molar-refractivity contribution < 1.29 is 4.79 Å². The molecule has 0 bridgehead atoms. The molecule has 0 aromatic heterocycles. The molecule has 1 amide bonds. The number of β-lactam (4-membered cyclic amide) rings is 1. The number of nitrogens with zero attached hydrogens (tertiary/aromatic N) is 1. The Morgan fingerprint density at radius 3 is 2.79 bits per heavy atom. The van der Waals surface area contributed by atoms with Crippen LogP contribution >= 0.6 is 27.5 Å². The molecule has 1 heterocycles. The third-order valence-corrected chi connectivity index (χ3v) is 3.41. The van der Waals surface area contributed by atoms with Crippen LogP contribution in [-0.2, 0) is 4.79 Å². The Labute approximate surface area is 95.0 Å². The number of nitrogens with two attached hydrogens (primary N) is 1. The Balaban J connectivity index is 2.26. The number of halogens is 2. The lowest BCUT2D eigenvalue weighted by molar-refractivity contribution is -0.123. The highest BCUT2D eigenvalue weighted by molar-refractivity contribution is 9.10. The van der Waals surface area contributed by atoms with E-state index in [1.54, 1.807) is 11.0 Å². The molecule has 5 heteroatoms. The number of anilines is 1. The monoisotopic (exact) mass is 274 g/mol. The first-order valence-electron chi connectivity index (χ1n) is 4.11. The van der Waals surface area contributed by atoms with Gasteiger partial charge in [0.15, 0.2) is 0 Å². The van der Waals surface area contributed by atoms with E-state index in [1.165, 1.54) is 0 Å². The Bertz CT molecular complexity index is 396. The van der Waals surface area contributed by atoms with E-state index in [0.29, 0.717) is 11.6 Å². The zero-order chi connectivity index (χ0) is 10.3. The number of amides is 1. The molecule has 0 radical (unpaired) electrons. The number of carbonyl (C=O) groups is 1. The minimum Gasteiger partial charge on any atom is -0.318 e. The predicted molar refractivity (Wildman–Crippen MR) is 59.5 cm³/mol. The van der Waals surface area contributed by atoms with Gasteiger partial charge in [-0.15, -0.1) is 0 Å². The summed E-state index contributed by atoms with van der Waals surface area (Å²) in [6, 6.07) is 5.04. The van der Waals surface area contributed by atoms with Crippen LogP contribution in [0.25, 0.3) is 0 Å². The summed E-state index contributed by atoms with van der Waals surface area (Å²) in [5.74, 6) is -0.0524. The Morgan fingerprint density at radius 2 is 2.29 bits per heavy atom. The summed E-state index contributed by atoms with van der Waals surface area (Å²) in [7, 11) is 0. The van der Waals surface area contributed by atoms with E-state index in [1.807, 2.05) is 12.1 Å². The lowest BCUT2D eigenvalue weighted by atomic mass is 10.1. The van der Waals surface area contributed by atoms with Crippen molar-refractivity contribution in [2.75, 3.05) is 11.4 Å². The maximum Gasteiger partial charge on any atom is 0.245 e. The van der Waals surface area contributed by atoms with Gasteiger partial charge in [0.2, 0.25) is 5.91 Å². The molecule has 14 heavy (non-hydrogen) atoms. The SMILES string of the molecule is NC1CN(c2ccc(Br)c(Cl)c2)C1=O. The number of hydrogen-bond donors (Lipinski definition) is 1. The van der Waals surface area contributed by atoms with Crippen molar-refractivity contribution in [1.82, 2.24) is 0 Å². The summed E-state index contributed by atoms with van der Waals surface area (Å²) < 4.78 is 0.820. The fourth-order valence-corrected chi connectivity index (χ4v) is 1.76. The van der Waals surface area contributed by atoms with Crippen molar-refractivity contribution >= 4 is 39.1 Å². The molecule has 1 aliphatic heterocycles. The van der Waals surface area contributed by atoms with Crippen LogP contribution in [0.3, 0.4) is 0 Å². The van der Waals surface area contributed by atoms with Gasteiger partial charge in [0, 0.05) is 10.2 Å². The third kappa shape index (κ3) is 1.54. The van der Waals surface area contributed by atoms with Crippen LogP contribution in [0.1, 0.15) is 0 Å². The molecule has 74 valence electrons. The van der Waals surface area contributed by atoms with Crippen LogP contribution in [0.5, 0.6) is 0 Å². The highest BCUT2D eigenvalue weighted by Crippen LogP contribution is 2.29. The molecule has 1 fully saturated rings. The van der Waals surface area contributed by atoms with E-state index in [0.717, 1.165) is 10.2 Å². The largest absolute Gasteiger partial charge is 0.318 e. The van der Waals surface area contributed by atoms with Crippen LogP contribution < -0.4 is 10.6 Å². The van der Waals surface area contributed by atoms with Crippen molar-refractivity contribution in [1.29, 1.82) is 0 Å². The third-order valence-electron chi connectivity index (χ3n) is 2.18. The number of carbonyl (C=O) groups excluding carboxylic acids is 1. The molecule has 0 saturated carbocycles. The summed E-state index contributed by atoms with van der Waals surface area (Å²) in [6.45, 7) is 0.566. The Hall–Kier alpha value is -0.580. The van der Waals surface area contributed by atoms with Gasteiger partial charge in [0.1, 0.15) is 6.04 Å². The van der Waals surface area contributed by atoms with Crippen molar-refractivity contribution in [3.8, 4) is 0 Å². The lowest BCUT2D eigenvalue weighted by Gasteiger charge is -2.36. The van der Waals surface area contributed by atoms with E-state index < -0.39 is 0 Å². The van der Waals surface area contributed by atoms with E-state index in [9.17, 15) is 4.79 Å². The maximum absolute atomic E-state index is 11.3. The molecular weight excluding hydrogens is 267 g/mol. The van der Waals surface area contributed by atoms with Crippen molar-refractivity contribution in [3.05, 3.63) is 27.7 Å². The van der Waals surface area contributed by atoms with E-state index in [4.69, 9.17) is 17.3 Å². The van der Waals surface area contributed by atoms with Gasteiger partial charge in [-0.05, 0) is 34.1 Å². The van der Waals surface area contributed by atoms with Crippen LogP contribution in [0, 0.1) is 0 Å². The van der Waals surface area contributed by atoms with Gasteiger partial charge in [-0.2, -0.15) is 0 Å². The molecule has 0 spiro atoms. The van der Waals surface area contributed by atoms with Gasteiger partial charge in [-0.25, -0.2) is 0 Å². The highest BCUT2D eigenvalue weighted by atomic mass is 79.9. The van der Waals surface area contributed by atoms with Crippen molar-refractivity contribution in [2.24, 2.45) is 5.73 Å². The Kier molecular flexibility index (Phi) is 2.51. The summed E-state index contributed by atoms with van der Waals surface area (Å²) in [6.07, 6.45) is 0. The fourth-order valence-electron chi connectivity index (χ4n) is 1.34. The molecule has 1 aromatic rings. The van der Waals surface area contributed by atoms with Gasteiger partial charge in [0.05, 0.1) is 11.6 Å². The lowest BCUT2D eigenvalue weighted by Crippen LogP contribution is -2.61. The van der Waals surface area contributed by atoms with Gasteiger partial charge in [0.25, 0.3) is 0 Å². The highest BCUT2D eigenvalue weighted by Gasteiger charge is 2.34. The topological polar surface area (TPSA) is 46.3 Å². The second-order valence-electron chi connectivity index (χ2n) is 3.15. The minimum absolute atomic E-state index is 0.0524. The zero-order valence-corrected chi connectivity index (χ0v) is 9.55. The molecule has 2 N–H and O–H groups in total. The normalized spacial score (nSPS) is 20.9. The molecule has 3 nitrogen and oxygen atoms in total. The molecule has 1 atom stereocenters. The first-order chi connectivity index (χ1) is 6.59. The van der Waals surface area contributed by atoms with Crippen LogP contribution in [0.4, 0.5) is 5.69 Å². The van der Waals surface area contributed by atoms with Crippen LogP contribution in [0.15, 0.2) is 22.7 Å².